The monoisotopic (exact) mass is 374 g/mol. The average Bonchev–Trinajstić information content (AvgIpc) is 3.17. The molecule has 27 heavy (non-hydrogen) atoms. The number of para-hydroxylation sites is 1. The molecule has 2 N–H and O–H groups in total. The predicted molar refractivity (Wildman–Crippen MR) is 95.1 cm³/mol. The molecule has 7 heteroatoms. The zero-order valence-electron chi connectivity index (χ0n) is 14.2. The number of hydrogen-bond acceptors (Lipinski definition) is 3. The Kier molecular flexibility index (Phi) is 5.61. The minimum absolute atomic E-state index is 0.188. The Balaban J connectivity index is 1.71. The fourth-order valence-corrected chi connectivity index (χ4v) is 2.71. The number of halogens is 3. The van der Waals surface area contributed by atoms with Crippen LogP contribution in [-0.2, 0) is 11.0 Å². The van der Waals surface area contributed by atoms with Gasteiger partial charge in [-0.05, 0) is 29.8 Å². The molecule has 1 heterocycles. The molecule has 3 aromatic rings. The largest absolute Gasteiger partial charge is 0.467 e. The minimum Gasteiger partial charge on any atom is -0.467 e. The number of carbonyl (C=O) groups is 1. The highest BCUT2D eigenvalue weighted by molar-refractivity contribution is 5.93. The van der Waals surface area contributed by atoms with E-state index in [1.165, 1.54) is 24.5 Å². The molecule has 1 amide bonds. The van der Waals surface area contributed by atoms with E-state index < -0.39 is 23.7 Å². The lowest BCUT2D eigenvalue weighted by Gasteiger charge is -2.18. The Hall–Kier alpha value is -3.06. The number of rotatable bonds is 6. The minimum atomic E-state index is -4.54. The molecule has 0 aliphatic carbocycles. The van der Waals surface area contributed by atoms with Gasteiger partial charge in [0.25, 0.3) is 0 Å². The molecule has 1 atom stereocenters. The number of carbonyl (C=O) groups excluding carboxylic acids is 1. The molecule has 2 aromatic carbocycles. The van der Waals surface area contributed by atoms with Gasteiger partial charge in [-0.2, -0.15) is 13.2 Å². The molecule has 0 unspecified atom stereocenters. The summed E-state index contributed by atoms with van der Waals surface area (Å²) in [5.74, 6) is 0.0175. The standard InChI is InChI=1S/C20H17F3N2O2/c21-20(22,23)15-9-4-5-10-16(15)25-18(26)13-24-19(17-11-6-12-27-17)14-7-2-1-3-8-14/h1-12,19,24H,13H2,(H,25,26)/t19-/m1/s1. The van der Waals surface area contributed by atoms with Crippen LogP contribution in [0.2, 0.25) is 0 Å². The summed E-state index contributed by atoms with van der Waals surface area (Å²) in [6.45, 7) is -0.188. The van der Waals surface area contributed by atoms with E-state index in [4.69, 9.17) is 4.42 Å². The average molecular weight is 374 g/mol. The van der Waals surface area contributed by atoms with Gasteiger partial charge in [0.05, 0.1) is 30.1 Å². The third kappa shape index (κ3) is 4.77. The van der Waals surface area contributed by atoms with Crippen LogP contribution in [0.5, 0.6) is 0 Å². The Morgan fingerprint density at radius 3 is 2.33 bits per heavy atom. The van der Waals surface area contributed by atoms with Crippen LogP contribution in [0.1, 0.15) is 22.9 Å². The first-order chi connectivity index (χ1) is 12.9. The van der Waals surface area contributed by atoms with Crippen molar-refractivity contribution in [3.05, 3.63) is 89.9 Å². The van der Waals surface area contributed by atoms with Gasteiger partial charge in [0.15, 0.2) is 0 Å². The molecule has 0 saturated heterocycles. The van der Waals surface area contributed by atoms with Crippen molar-refractivity contribution in [1.82, 2.24) is 5.32 Å². The van der Waals surface area contributed by atoms with Crippen molar-refractivity contribution in [2.24, 2.45) is 0 Å². The molecule has 3 rings (SSSR count). The molecule has 1 aromatic heterocycles. The molecule has 0 saturated carbocycles. The molecule has 0 aliphatic heterocycles. The van der Waals surface area contributed by atoms with Crippen LogP contribution in [0.15, 0.2) is 77.4 Å². The smallest absolute Gasteiger partial charge is 0.418 e. The third-order valence-electron chi connectivity index (χ3n) is 3.93. The zero-order valence-corrected chi connectivity index (χ0v) is 14.2. The maximum atomic E-state index is 13.0. The molecule has 0 fully saturated rings. The van der Waals surface area contributed by atoms with Crippen molar-refractivity contribution in [2.45, 2.75) is 12.2 Å². The fourth-order valence-electron chi connectivity index (χ4n) is 2.71. The van der Waals surface area contributed by atoms with Crippen LogP contribution in [0.4, 0.5) is 18.9 Å². The maximum absolute atomic E-state index is 13.0. The lowest BCUT2D eigenvalue weighted by molar-refractivity contribution is -0.137. The highest BCUT2D eigenvalue weighted by atomic mass is 19.4. The first kappa shape index (κ1) is 18.7. The lowest BCUT2D eigenvalue weighted by atomic mass is 10.0. The van der Waals surface area contributed by atoms with Gasteiger partial charge in [0, 0.05) is 0 Å². The van der Waals surface area contributed by atoms with E-state index in [2.05, 4.69) is 10.6 Å². The van der Waals surface area contributed by atoms with Crippen LogP contribution in [0, 0.1) is 0 Å². The zero-order chi connectivity index (χ0) is 19.3. The van der Waals surface area contributed by atoms with E-state index in [0.717, 1.165) is 11.6 Å². The summed E-state index contributed by atoms with van der Waals surface area (Å²) in [6, 6.07) is 17.3. The van der Waals surface area contributed by atoms with Crippen molar-refractivity contribution in [3.8, 4) is 0 Å². The number of alkyl halides is 3. The molecular formula is C20H17F3N2O2. The van der Waals surface area contributed by atoms with Crippen LogP contribution in [-0.4, -0.2) is 12.5 Å². The van der Waals surface area contributed by atoms with Crippen molar-refractivity contribution in [2.75, 3.05) is 11.9 Å². The van der Waals surface area contributed by atoms with Gasteiger partial charge in [-0.25, -0.2) is 0 Å². The normalized spacial score (nSPS) is 12.6. The first-order valence-corrected chi connectivity index (χ1v) is 8.23. The second-order valence-corrected chi connectivity index (χ2v) is 5.83. The van der Waals surface area contributed by atoms with E-state index in [9.17, 15) is 18.0 Å². The number of anilines is 1. The van der Waals surface area contributed by atoms with Gasteiger partial charge < -0.3 is 9.73 Å². The molecule has 4 nitrogen and oxygen atoms in total. The SMILES string of the molecule is O=C(CN[C@H](c1ccccc1)c1ccco1)Nc1ccccc1C(F)(F)F. The number of furan rings is 1. The van der Waals surface area contributed by atoms with Gasteiger partial charge in [-0.3, -0.25) is 10.1 Å². The number of nitrogens with one attached hydrogen (secondary N) is 2. The topological polar surface area (TPSA) is 54.3 Å². The van der Waals surface area contributed by atoms with E-state index >= 15 is 0 Å². The number of benzene rings is 2. The number of amides is 1. The molecule has 0 aliphatic rings. The summed E-state index contributed by atoms with van der Waals surface area (Å²) in [6.07, 6.45) is -3.02. The highest BCUT2D eigenvalue weighted by Gasteiger charge is 2.33. The molecule has 0 bridgehead atoms. The van der Waals surface area contributed by atoms with E-state index in [1.54, 1.807) is 12.1 Å². The quantitative estimate of drug-likeness (QED) is 0.662. The lowest BCUT2D eigenvalue weighted by Crippen LogP contribution is -2.32. The van der Waals surface area contributed by atoms with Crippen LogP contribution < -0.4 is 10.6 Å². The van der Waals surface area contributed by atoms with E-state index in [-0.39, 0.29) is 12.2 Å². The molecular weight excluding hydrogens is 357 g/mol. The van der Waals surface area contributed by atoms with Crippen LogP contribution in [0.3, 0.4) is 0 Å². The maximum Gasteiger partial charge on any atom is 0.418 e. The van der Waals surface area contributed by atoms with Gasteiger partial charge in [-0.15, -0.1) is 0 Å². The van der Waals surface area contributed by atoms with Crippen LogP contribution >= 0.6 is 0 Å². The second kappa shape index (κ2) is 8.09. The van der Waals surface area contributed by atoms with Gasteiger partial charge in [0.1, 0.15) is 5.76 Å². The summed E-state index contributed by atoms with van der Waals surface area (Å²) < 4.78 is 44.5. The Bertz CT molecular complexity index is 878. The van der Waals surface area contributed by atoms with Gasteiger partial charge >= 0.3 is 6.18 Å². The molecule has 140 valence electrons. The Morgan fingerprint density at radius 2 is 1.67 bits per heavy atom. The Morgan fingerprint density at radius 1 is 0.963 bits per heavy atom. The van der Waals surface area contributed by atoms with Crippen LogP contribution in [0.25, 0.3) is 0 Å². The van der Waals surface area contributed by atoms with Crippen molar-refractivity contribution in [3.63, 3.8) is 0 Å². The Labute approximate surface area is 154 Å². The molecule has 0 spiro atoms. The summed E-state index contributed by atoms with van der Waals surface area (Å²) in [5.41, 5.74) is -0.286. The first-order valence-electron chi connectivity index (χ1n) is 8.23. The predicted octanol–water partition coefficient (Wildman–Crippen LogP) is 4.62. The molecule has 0 radical (unpaired) electrons. The fraction of sp³-hybridized carbons (Fsp3) is 0.150. The van der Waals surface area contributed by atoms with E-state index in [0.29, 0.717) is 5.76 Å². The summed E-state index contributed by atoms with van der Waals surface area (Å²) in [5, 5.41) is 5.35. The summed E-state index contributed by atoms with van der Waals surface area (Å²) in [4.78, 5) is 12.2. The van der Waals surface area contributed by atoms with Crippen molar-refractivity contribution >= 4 is 11.6 Å². The summed E-state index contributed by atoms with van der Waals surface area (Å²) >= 11 is 0. The van der Waals surface area contributed by atoms with Crippen molar-refractivity contribution in [1.29, 1.82) is 0 Å². The van der Waals surface area contributed by atoms with Gasteiger partial charge in [-0.1, -0.05) is 42.5 Å². The van der Waals surface area contributed by atoms with E-state index in [1.807, 2.05) is 30.3 Å². The third-order valence-corrected chi connectivity index (χ3v) is 3.93. The van der Waals surface area contributed by atoms with Gasteiger partial charge in [0.2, 0.25) is 5.91 Å². The van der Waals surface area contributed by atoms with Crippen molar-refractivity contribution < 1.29 is 22.4 Å². The number of hydrogen-bond donors (Lipinski definition) is 2. The highest BCUT2D eigenvalue weighted by Crippen LogP contribution is 2.34. The second-order valence-electron chi connectivity index (χ2n) is 5.83. The summed E-state index contributed by atoms with van der Waals surface area (Å²) in [7, 11) is 0.